The number of hydrogen-bond acceptors (Lipinski definition) is 8. The second kappa shape index (κ2) is 7.36. The minimum atomic E-state index is -4.00. The molecule has 2 N–H and O–H groups in total. The van der Waals surface area contributed by atoms with Gasteiger partial charge in [-0.3, -0.25) is 4.79 Å². The van der Waals surface area contributed by atoms with Crippen LogP contribution in [0.3, 0.4) is 0 Å². The molecule has 2 fully saturated rings. The molecule has 0 radical (unpaired) electrons. The van der Waals surface area contributed by atoms with Crippen LogP contribution in [-0.4, -0.2) is 66.6 Å². The molecule has 4 heterocycles. The predicted molar refractivity (Wildman–Crippen MR) is 126 cm³/mol. The maximum atomic E-state index is 13.4. The molecule has 2 aliphatic rings. The molecule has 10 nitrogen and oxygen atoms in total. The van der Waals surface area contributed by atoms with Crippen LogP contribution < -0.4 is 15.8 Å². The summed E-state index contributed by atoms with van der Waals surface area (Å²) in [5.74, 6) is 0. The standard InChI is InChI=1S/C23H24N6O4S/c1-14-3-6-19(15(2)9-14)34(31,32)22-20-25-21(30)17-5-4-16(10-18(17)29(20)27-26-22)28-7-8-33-23(13-28)11-24-12-23/h3-6,9-10,24H,7-8,11-13H2,1-2H3,(H,25,30). The van der Waals surface area contributed by atoms with Gasteiger partial charge in [0, 0.05) is 31.9 Å². The van der Waals surface area contributed by atoms with Crippen molar-refractivity contribution in [2.24, 2.45) is 0 Å². The van der Waals surface area contributed by atoms with Crippen LogP contribution in [0.15, 0.2) is 51.1 Å². The molecular formula is C23H24N6O4S. The van der Waals surface area contributed by atoms with Crippen molar-refractivity contribution >= 4 is 32.1 Å². The Morgan fingerprint density at radius 1 is 1.12 bits per heavy atom. The van der Waals surface area contributed by atoms with Gasteiger partial charge < -0.3 is 19.9 Å². The highest BCUT2D eigenvalue weighted by Crippen LogP contribution is 2.30. The molecule has 1 spiro atoms. The number of fused-ring (bicyclic) bond motifs is 3. The van der Waals surface area contributed by atoms with E-state index in [1.54, 1.807) is 31.2 Å². The Kier molecular flexibility index (Phi) is 4.60. The van der Waals surface area contributed by atoms with Gasteiger partial charge in [0.05, 0.1) is 22.4 Å². The fourth-order valence-corrected chi connectivity index (χ4v) is 6.35. The number of morpholine rings is 1. The van der Waals surface area contributed by atoms with Gasteiger partial charge in [0.15, 0.2) is 5.65 Å². The van der Waals surface area contributed by atoms with E-state index in [4.69, 9.17) is 4.74 Å². The van der Waals surface area contributed by atoms with Crippen molar-refractivity contribution in [1.29, 1.82) is 0 Å². The molecule has 0 saturated carbocycles. The summed E-state index contributed by atoms with van der Waals surface area (Å²) >= 11 is 0. The summed E-state index contributed by atoms with van der Waals surface area (Å²) in [6.07, 6.45) is 0. The lowest BCUT2D eigenvalue weighted by Crippen LogP contribution is -2.69. The number of aryl methyl sites for hydroxylation is 2. The van der Waals surface area contributed by atoms with E-state index in [1.807, 2.05) is 19.1 Å². The van der Waals surface area contributed by atoms with E-state index in [9.17, 15) is 13.2 Å². The molecule has 11 heteroatoms. The van der Waals surface area contributed by atoms with Gasteiger partial charge in [-0.05, 0) is 43.7 Å². The second-order valence-corrected chi connectivity index (χ2v) is 11.0. The number of rotatable bonds is 3. The number of aromatic nitrogens is 4. The number of nitrogens with zero attached hydrogens (tertiary/aromatic N) is 4. The summed E-state index contributed by atoms with van der Waals surface area (Å²) in [6, 6.07) is 10.6. The van der Waals surface area contributed by atoms with Crippen LogP contribution in [-0.2, 0) is 14.6 Å². The lowest BCUT2D eigenvalue weighted by atomic mass is 9.94. The zero-order valence-corrected chi connectivity index (χ0v) is 19.6. The molecule has 6 rings (SSSR count). The largest absolute Gasteiger partial charge is 0.369 e. The minimum absolute atomic E-state index is 0.0521. The van der Waals surface area contributed by atoms with Crippen molar-refractivity contribution in [2.45, 2.75) is 29.4 Å². The maximum absolute atomic E-state index is 13.4. The molecule has 2 saturated heterocycles. The normalized spacial score (nSPS) is 18.0. The third kappa shape index (κ3) is 3.15. The first-order valence-corrected chi connectivity index (χ1v) is 12.6. The van der Waals surface area contributed by atoms with Crippen LogP contribution in [0.2, 0.25) is 0 Å². The average molecular weight is 481 g/mol. The summed E-state index contributed by atoms with van der Waals surface area (Å²) in [6.45, 7) is 7.34. The number of H-pyrrole nitrogens is 1. The lowest BCUT2D eigenvalue weighted by Gasteiger charge is -2.49. The summed E-state index contributed by atoms with van der Waals surface area (Å²) in [5.41, 5.74) is 2.46. The van der Waals surface area contributed by atoms with Crippen LogP contribution in [0.25, 0.3) is 16.6 Å². The van der Waals surface area contributed by atoms with Gasteiger partial charge in [0.1, 0.15) is 5.60 Å². The Bertz CT molecular complexity index is 1620. The number of benzene rings is 2. The third-order valence-electron chi connectivity index (χ3n) is 6.71. The average Bonchev–Trinajstić information content (AvgIpc) is 3.22. The zero-order chi connectivity index (χ0) is 23.7. The minimum Gasteiger partial charge on any atom is -0.369 e. The molecule has 2 aromatic heterocycles. The highest BCUT2D eigenvalue weighted by molar-refractivity contribution is 7.91. The van der Waals surface area contributed by atoms with E-state index in [0.29, 0.717) is 23.1 Å². The van der Waals surface area contributed by atoms with E-state index in [-0.39, 0.29) is 21.2 Å². The highest BCUT2D eigenvalue weighted by atomic mass is 32.2. The van der Waals surface area contributed by atoms with Crippen LogP contribution in [0.1, 0.15) is 11.1 Å². The SMILES string of the molecule is Cc1ccc(S(=O)(=O)c2nnn3c2[nH]c(=O)c2ccc(N4CCOC5(CNC5)C4)cc23)c(C)c1. The molecule has 4 aromatic rings. The van der Waals surface area contributed by atoms with Crippen LogP contribution in [0, 0.1) is 13.8 Å². The number of anilines is 1. The summed E-state index contributed by atoms with van der Waals surface area (Å²) in [7, 11) is -4.00. The number of hydrogen-bond donors (Lipinski definition) is 2. The van der Waals surface area contributed by atoms with E-state index < -0.39 is 15.4 Å². The van der Waals surface area contributed by atoms with Crippen molar-refractivity contribution in [3.05, 3.63) is 57.9 Å². The second-order valence-electron chi connectivity index (χ2n) is 9.14. The molecule has 0 aliphatic carbocycles. The van der Waals surface area contributed by atoms with Crippen molar-refractivity contribution in [3.63, 3.8) is 0 Å². The Balaban J connectivity index is 1.49. The van der Waals surface area contributed by atoms with Crippen LogP contribution >= 0.6 is 0 Å². The number of nitrogens with one attached hydrogen (secondary N) is 2. The van der Waals surface area contributed by atoms with Crippen LogP contribution in [0.5, 0.6) is 0 Å². The smallest absolute Gasteiger partial charge is 0.259 e. The van der Waals surface area contributed by atoms with Crippen LogP contribution in [0.4, 0.5) is 5.69 Å². The van der Waals surface area contributed by atoms with Crippen molar-refractivity contribution < 1.29 is 13.2 Å². The first kappa shape index (κ1) is 21.3. The summed E-state index contributed by atoms with van der Waals surface area (Å²) < 4.78 is 34.3. The Morgan fingerprint density at radius 3 is 2.68 bits per heavy atom. The maximum Gasteiger partial charge on any atom is 0.259 e. The highest BCUT2D eigenvalue weighted by Gasteiger charge is 2.42. The molecular weight excluding hydrogens is 456 g/mol. The number of ether oxygens (including phenoxy) is 1. The molecule has 2 aromatic carbocycles. The fraction of sp³-hybridized carbons (Fsp3) is 0.348. The van der Waals surface area contributed by atoms with Gasteiger partial charge in [-0.2, -0.15) is 4.52 Å². The number of aromatic amines is 1. The quantitative estimate of drug-likeness (QED) is 0.449. The molecule has 0 atom stereocenters. The van der Waals surface area contributed by atoms with E-state index >= 15 is 0 Å². The fourth-order valence-electron chi connectivity index (χ4n) is 4.87. The Hall–Kier alpha value is -3.28. The van der Waals surface area contributed by atoms with Gasteiger partial charge in [-0.15, -0.1) is 5.10 Å². The first-order valence-electron chi connectivity index (χ1n) is 11.1. The van der Waals surface area contributed by atoms with Gasteiger partial charge >= 0.3 is 0 Å². The van der Waals surface area contributed by atoms with Crippen molar-refractivity contribution in [3.8, 4) is 0 Å². The molecule has 176 valence electrons. The number of sulfone groups is 1. The van der Waals surface area contributed by atoms with Gasteiger partial charge in [0.25, 0.3) is 5.56 Å². The molecule has 0 bridgehead atoms. The van der Waals surface area contributed by atoms with E-state index in [0.717, 1.165) is 37.4 Å². The van der Waals surface area contributed by atoms with Crippen molar-refractivity contribution in [2.75, 3.05) is 37.7 Å². The van der Waals surface area contributed by atoms with E-state index in [2.05, 4.69) is 25.5 Å². The summed E-state index contributed by atoms with van der Waals surface area (Å²) in [4.78, 5) is 17.9. The predicted octanol–water partition coefficient (Wildman–Crippen LogP) is 1.20. The Labute approximate surface area is 195 Å². The van der Waals surface area contributed by atoms with Gasteiger partial charge in [-0.25, -0.2) is 8.42 Å². The van der Waals surface area contributed by atoms with Crippen molar-refractivity contribution in [1.82, 2.24) is 25.1 Å². The van der Waals surface area contributed by atoms with Gasteiger partial charge in [-0.1, -0.05) is 22.9 Å². The third-order valence-corrected chi connectivity index (χ3v) is 8.53. The van der Waals surface area contributed by atoms with Gasteiger partial charge in [0.2, 0.25) is 14.9 Å². The molecule has 0 amide bonds. The first-order chi connectivity index (χ1) is 16.3. The zero-order valence-electron chi connectivity index (χ0n) is 18.8. The molecule has 0 unspecified atom stereocenters. The topological polar surface area (TPSA) is 122 Å². The lowest BCUT2D eigenvalue weighted by molar-refractivity contribution is -0.0881. The summed E-state index contributed by atoms with van der Waals surface area (Å²) in [5, 5.41) is 11.5. The van der Waals surface area contributed by atoms with E-state index in [1.165, 1.54) is 4.52 Å². The monoisotopic (exact) mass is 480 g/mol. The molecule has 34 heavy (non-hydrogen) atoms. The Morgan fingerprint density at radius 2 is 1.94 bits per heavy atom. The molecule has 2 aliphatic heterocycles.